The predicted molar refractivity (Wildman–Crippen MR) is 101 cm³/mol. The average Bonchev–Trinajstić information content (AvgIpc) is 2.96. The van der Waals surface area contributed by atoms with Crippen molar-refractivity contribution in [2.75, 3.05) is 13.7 Å². The van der Waals surface area contributed by atoms with E-state index in [0.29, 0.717) is 5.39 Å². The van der Waals surface area contributed by atoms with Gasteiger partial charge in [-0.05, 0) is 32.4 Å². The van der Waals surface area contributed by atoms with E-state index >= 15 is 0 Å². The van der Waals surface area contributed by atoms with Crippen molar-refractivity contribution in [2.45, 2.75) is 36.7 Å². The van der Waals surface area contributed by atoms with Crippen LogP contribution in [0.25, 0.3) is 10.1 Å². The van der Waals surface area contributed by atoms with Gasteiger partial charge in [-0.1, -0.05) is 18.2 Å². The molecule has 2 N–H and O–H groups in total. The van der Waals surface area contributed by atoms with Gasteiger partial charge in [0.25, 0.3) is 0 Å². The van der Waals surface area contributed by atoms with E-state index in [9.17, 15) is 13.2 Å². The summed E-state index contributed by atoms with van der Waals surface area (Å²) in [6.45, 7) is 2.84. The summed E-state index contributed by atoms with van der Waals surface area (Å²) >= 11 is 1.14. The number of fused-ring (bicyclic) bond motifs is 1. The highest BCUT2D eigenvalue weighted by atomic mass is 35.5. The summed E-state index contributed by atoms with van der Waals surface area (Å²) < 4.78 is 34.3. The standard InChI is InChI=1S/C16H20N2O4S2.ClH/c1-10-12(7-5-9-17-10)18-24(20,21)15-11-6-3-4-8-13(11)23-14(15)16(19)22-2;/h3-4,6,8,10,12,17-18H,5,7,9H2,1-2H3;1H. The Kier molecular flexibility index (Phi) is 6.45. The maximum Gasteiger partial charge on any atom is 0.349 e. The first-order valence-electron chi connectivity index (χ1n) is 7.79. The Bertz CT molecular complexity index is 866. The number of thiophene rings is 1. The van der Waals surface area contributed by atoms with Gasteiger partial charge in [0, 0.05) is 22.2 Å². The molecule has 6 nitrogen and oxygen atoms in total. The van der Waals surface area contributed by atoms with Crippen LogP contribution in [0.2, 0.25) is 0 Å². The van der Waals surface area contributed by atoms with Gasteiger partial charge in [0.1, 0.15) is 9.77 Å². The van der Waals surface area contributed by atoms with Crippen molar-refractivity contribution >= 4 is 49.8 Å². The van der Waals surface area contributed by atoms with Crippen molar-refractivity contribution in [2.24, 2.45) is 0 Å². The molecule has 0 amide bonds. The summed E-state index contributed by atoms with van der Waals surface area (Å²) in [5.74, 6) is -0.633. The number of piperidine rings is 1. The fraction of sp³-hybridized carbons (Fsp3) is 0.438. The topological polar surface area (TPSA) is 84.5 Å². The Balaban J connectivity index is 0.00000225. The third-order valence-corrected chi connectivity index (χ3v) is 7.11. The second kappa shape index (κ2) is 8.01. The van der Waals surface area contributed by atoms with Gasteiger partial charge in [0.2, 0.25) is 10.0 Å². The molecule has 0 spiro atoms. The molecule has 1 aliphatic heterocycles. The molecule has 0 aliphatic carbocycles. The fourth-order valence-electron chi connectivity index (χ4n) is 2.98. The Labute approximate surface area is 157 Å². The highest BCUT2D eigenvalue weighted by molar-refractivity contribution is 7.90. The van der Waals surface area contributed by atoms with Gasteiger partial charge >= 0.3 is 5.97 Å². The summed E-state index contributed by atoms with van der Waals surface area (Å²) in [4.78, 5) is 12.2. The normalized spacial score (nSPS) is 20.9. The van der Waals surface area contributed by atoms with Crippen LogP contribution in [0.1, 0.15) is 29.4 Å². The van der Waals surface area contributed by atoms with Gasteiger partial charge in [-0.2, -0.15) is 0 Å². The third kappa shape index (κ3) is 3.98. The number of nitrogens with one attached hydrogen (secondary N) is 2. The highest BCUT2D eigenvalue weighted by Gasteiger charge is 2.32. The molecule has 0 radical (unpaired) electrons. The summed E-state index contributed by atoms with van der Waals surface area (Å²) in [7, 11) is -2.59. The lowest BCUT2D eigenvalue weighted by Crippen LogP contribution is -2.51. The Hall–Kier alpha value is -1.19. The molecule has 2 atom stereocenters. The number of ether oxygens (including phenoxy) is 1. The van der Waals surface area contributed by atoms with Gasteiger partial charge in [0.15, 0.2) is 0 Å². The number of methoxy groups -OCH3 is 1. The van der Waals surface area contributed by atoms with Crippen molar-refractivity contribution in [3.05, 3.63) is 29.1 Å². The Morgan fingerprint density at radius 2 is 2.08 bits per heavy atom. The second-order valence-electron chi connectivity index (χ2n) is 5.86. The summed E-state index contributed by atoms with van der Waals surface area (Å²) in [6.07, 6.45) is 1.68. The molecule has 1 aromatic heterocycles. The molecule has 1 saturated heterocycles. The smallest absolute Gasteiger partial charge is 0.349 e. The minimum Gasteiger partial charge on any atom is -0.465 e. The molecular formula is C16H21ClN2O4S2. The maximum atomic E-state index is 13.0. The SMILES string of the molecule is COC(=O)c1sc2ccccc2c1S(=O)(=O)NC1CCCNC1C.Cl. The fourth-order valence-corrected chi connectivity index (χ4v) is 6.15. The first-order valence-corrected chi connectivity index (χ1v) is 10.1. The molecule has 25 heavy (non-hydrogen) atoms. The number of hydrogen-bond donors (Lipinski definition) is 2. The van der Waals surface area contributed by atoms with E-state index in [1.54, 1.807) is 18.2 Å². The number of esters is 1. The number of benzene rings is 1. The largest absolute Gasteiger partial charge is 0.465 e. The zero-order valence-electron chi connectivity index (χ0n) is 13.9. The van der Waals surface area contributed by atoms with E-state index in [1.165, 1.54) is 7.11 Å². The molecule has 1 fully saturated rings. The van der Waals surface area contributed by atoms with Crippen LogP contribution < -0.4 is 10.0 Å². The highest BCUT2D eigenvalue weighted by Crippen LogP contribution is 2.35. The zero-order valence-corrected chi connectivity index (χ0v) is 16.4. The molecule has 2 unspecified atom stereocenters. The molecular weight excluding hydrogens is 384 g/mol. The van der Waals surface area contributed by atoms with E-state index in [1.807, 2.05) is 13.0 Å². The average molecular weight is 405 g/mol. The molecule has 0 saturated carbocycles. The maximum absolute atomic E-state index is 13.0. The van der Waals surface area contributed by atoms with Crippen LogP contribution in [-0.2, 0) is 14.8 Å². The number of carbonyl (C=O) groups is 1. The van der Waals surface area contributed by atoms with Crippen molar-refractivity contribution < 1.29 is 17.9 Å². The van der Waals surface area contributed by atoms with Crippen LogP contribution >= 0.6 is 23.7 Å². The lowest BCUT2D eigenvalue weighted by molar-refractivity contribution is 0.0602. The van der Waals surface area contributed by atoms with E-state index in [-0.39, 0.29) is 34.3 Å². The monoisotopic (exact) mass is 404 g/mol. The molecule has 2 heterocycles. The first-order chi connectivity index (χ1) is 11.4. The molecule has 2 aromatic rings. The number of halogens is 1. The van der Waals surface area contributed by atoms with Gasteiger partial charge in [-0.3, -0.25) is 0 Å². The molecule has 138 valence electrons. The van der Waals surface area contributed by atoms with Crippen LogP contribution in [-0.4, -0.2) is 40.1 Å². The zero-order chi connectivity index (χ0) is 17.3. The minimum atomic E-state index is -3.84. The van der Waals surface area contributed by atoms with Crippen LogP contribution in [0.5, 0.6) is 0 Å². The van der Waals surface area contributed by atoms with Gasteiger partial charge in [-0.15, -0.1) is 23.7 Å². The number of rotatable bonds is 4. The molecule has 3 rings (SSSR count). The van der Waals surface area contributed by atoms with Crippen molar-refractivity contribution in [3.8, 4) is 0 Å². The summed E-state index contributed by atoms with van der Waals surface area (Å²) in [6, 6.07) is 6.94. The van der Waals surface area contributed by atoms with Crippen molar-refractivity contribution in [1.82, 2.24) is 10.0 Å². The van der Waals surface area contributed by atoms with Crippen molar-refractivity contribution in [1.29, 1.82) is 0 Å². The lowest BCUT2D eigenvalue weighted by atomic mass is 10.0. The van der Waals surface area contributed by atoms with Gasteiger partial charge in [0.05, 0.1) is 7.11 Å². The van der Waals surface area contributed by atoms with E-state index in [2.05, 4.69) is 10.0 Å². The quantitative estimate of drug-likeness (QED) is 0.765. The first kappa shape index (κ1) is 20.1. The van der Waals surface area contributed by atoms with Gasteiger partial charge in [-0.25, -0.2) is 17.9 Å². The Morgan fingerprint density at radius 3 is 2.76 bits per heavy atom. The molecule has 1 aliphatic rings. The van der Waals surface area contributed by atoms with E-state index in [4.69, 9.17) is 4.74 Å². The number of sulfonamides is 1. The number of carbonyl (C=O) groups excluding carboxylic acids is 1. The Morgan fingerprint density at radius 1 is 1.36 bits per heavy atom. The van der Waals surface area contributed by atoms with E-state index < -0.39 is 16.0 Å². The molecule has 9 heteroatoms. The molecule has 0 bridgehead atoms. The van der Waals surface area contributed by atoms with Crippen molar-refractivity contribution in [3.63, 3.8) is 0 Å². The third-order valence-electron chi connectivity index (χ3n) is 4.26. The molecule has 1 aromatic carbocycles. The lowest BCUT2D eigenvalue weighted by Gasteiger charge is -2.30. The second-order valence-corrected chi connectivity index (χ2v) is 8.56. The van der Waals surface area contributed by atoms with Crippen LogP contribution in [0.3, 0.4) is 0 Å². The summed E-state index contributed by atoms with van der Waals surface area (Å²) in [5, 5.41) is 3.82. The predicted octanol–water partition coefficient (Wildman–Crippen LogP) is 2.53. The van der Waals surface area contributed by atoms with E-state index in [0.717, 1.165) is 35.4 Å². The van der Waals surface area contributed by atoms with Crippen LogP contribution in [0, 0.1) is 0 Å². The van der Waals surface area contributed by atoms with Crippen LogP contribution in [0.15, 0.2) is 29.2 Å². The minimum absolute atomic E-state index is 0. The summed E-state index contributed by atoms with van der Waals surface area (Å²) in [5.41, 5.74) is 0. The number of hydrogen-bond acceptors (Lipinski definition) is 6. The van der Waals surface area contributed by atoms with Gasteiger partial charge < -0.3 is 10.1 Å². The van der Waals surface area contributed by atoms with Crippen LogP contribution in [0.4, 0.5) is 0 Å².